The Morgan fingerprint density at radius 3 is 2.38 bits per heavy atom. The van der Waals surface area contributed by atoms with E-state index < -0.39 is 23.9 Å². The van der Waals surface area contributed by atoms with Gasteiger partial charge in [-0.05, 0) is 37.6 Å². The summed E-state index contributed by atoms with van der Waals surface area (Å²) < 4.78 is 5.04. The van der Waals surface area contributed by atoms with Crippen molar-refractivity contribution in [2.75, 3.05) is 12.4 Å². The lowest BCUT2D eigenvalue weighted by molar-refractivity contribution is -0.134. The fourth-order valence-corrected chi connectivity index (χ4v) is 2.29. The molecule has 0 bridgehead atoms. The van der Waals surface area contributed by atoms with Crippen molar-refractivity contribution in [2.24, 2.45) is 0 Å². The van der Waals surface area contributed by atoms with Crippen LogP contribution in [-0.4, -0.2) is 30.4 Å². The van der Waals surface area contributed by atoms with Crippen LogP contribution in [0.3, 0.4) is 0 Å². The van der Waals surface area contributed by atoms with E-state index >= 15 is 0 Å². The van der Waals surface area contributed by atoms with Crippen molar-refractivity contribution in [3.05, 3.63) is 59.2 Å². The third-order valence-electron chi connectivity index (χ3n) is 3.86. The number of ketones is 3. The molecule has 0 aromatic heterocycles. The third kappa shape index (κ3) is 4.63. The van der Waals surface area contributed by atoms with Crippen LogP contribution < -0.4 is 10.1 Å². The van der Waals surface area contributed by atoms with Crippen molar-refractivity contribution in [3.8, 4) is 5.75 Å². The molecular formula is C20H19NO5. The summed E-state index contributed by atoms with van der Waals surface area (Å²) in [4.78, 5) is 47.8. The molecular weight excluding hydrogens is 334 g/mol. The number of hydrogen-bond donors (Lipinski definition) is 1. The van der Waals surface area contributed by atoms with Gasteiger partial charge in [0.25, 0.3) is 5.91 Å². The number of hydrogen-bond acceptors (Lipinski definition) is 5. The van der Waals surface area contributed by atoms with E-state index in [1.807, 2.05) is 0 Å². The molecule has 0 saturated heterocycles. The van der Waals surface area contributed by atoms with Crippen LogP contribution in [0, 0.1) is 6.92 Å². The number of anilines is 1. The molecule has 2 aromatic rings. The molecule has 0 aliphatic heterocycles. The molecule has 1 N–H and O–H groups in total. The second kappa shape index (κ2) is 8.20. The number of Topliss-reactive ketones (excluding diaryl/α,β-unsaturated/α-hetero) is 3. The monoisotopic (exact) mass is 353 g/mol. The third-order valence-corrected chi connectivity index (χ3v) is 3.86. The number of nitrogens with one attached hydrogen (secondary N) is 1. The van der Waals surface area contributed by atoms with E-state index in [2.05, 4.69) is 5.32 Å². The van der Waals surface area contributed by atoms with Gasteiger partial charge in [0.05, 0.1) is 13.5 Å². The summed E-state index contributed by atoms with van der Waals surface area (Å²) in [5, 5.41) is 2.47. The first kappa shape index (κ1) is 19.1. The lowest BCUT2D eigenvalue weighted by atomic mass is 10.0. The zero-order valence-corrected chi connectivity index (χ0v) is 14.8. The van der Waals surface area contributed by atoms with Gasteiger partial charge >= 0.3 is 0 Å². The van der Waals surface area contributed by atoms with Crippen LogP contribution in [0.2, 0.25) is 0 Å². The highest BCUT2D eigenvalue weighted by Gasteiger charge is 2.20. The molecule has 26 heavy (non-hydrogen) atoms. The van der Waals surface area contributed by atoms with Crippen LogP contribution >= 0.6 is 0 Å². The summed E-state index contributed by atoms with van der Waals surface area (Å²) in [6.07, 6.45) is -0.551. The van der Waals surface area contributed by atoms with Crippen LogP contribution in [0.4, 0.5) is 5.69 Å². The fourth-order valence-electron chi connectivity index (χ4n) is 2.29. The molecule has 0 atom stereocenters. The highest BCUT2D eigenvalue weighted by atomic mass is 16.5. The number of ether oxygens (including phenoxy) is 1. The van der Waals surface area contributed by atoms with Crippen LogP contribution in [-0.2, 0) is 9.59 Å². The minimum atomic E-state index is -0.898. The Morgan fingerprint density at radius 1 is 1.00 bits per heavy atom. The Labute approximate surface area is 151 Å². The Bertz CT molecular complexity index is 886. The van der Waals surface area contributed by atoms with Crippen LogP contribution in [0.25, 0.3) is 0 Å². The van der Waals surface area contributed by atoms with Crippen molar-refractivity contribution in [2.45, 2.75) is 20.3 Å². The van der Waals surface area contributed by atoms with Gasteiger partial charge in [0, 0.05) is 16.8 Å². The molecule has 2 aromatic carbocycles. The maximum absolute atomic E-state index is 12.2. The van der Waals surface area contributed by atoms with Gasteiger partial charge in [-0.25, -0.2) is 0 Å². The molecule has 6 heteroatoms. The lowest BCUT2D eigenvalue weighted by Gasteiger charge is -2.09. The van der Waals surface area contributed by atoms with Crippen LogP contribution in [0.1, 0.15) is 39.6 Å². The molecule has 6 nitrogen and oxygen atoms in total. The summed E-state index contributed by atoms with van der Waals surface area (Å²) in [5.74, 6) is -1.89. The molecule has 0 aliphatic rings. The standard InChI is InChI=1S/C20H19NO5/c1-12-7-8-14(13(2)22)10-17(12)21-20(25)19(24)11-18(23)15-5-4-6-16(9-15)26-3/h4-10H,11H2,1-3H3,(H,21,25). The Balaban J connectivity index is 2.08. The van der Waals surface area contributed by atoms with E-state index in [1.165, 1.54) is 26.2 Å². The van der Waals surface area contributed by atoms with Crippen molar-refractivity contribution < 1.29 is 23.9 Å². The zero-order valence-electron chi connectivity index (χ0n) is 14.8. The number of carbonyl (C=O) groups excluding carboxylic acids is 4. The SMILES string of the molecule is COc1cccc(C(=O)CC(=O)C(=O)Nc2cc(C(C)=O)ccc2C)c1. The number of amides is 1. The minimum absolute atomic E-state index is 0.153. The number of aryl methyl sites for hydroxylation is 1. The highest BCUT2D eigenvalue weighted by Crippen LogP contribution is 2.18. The maximum Gasteiger partial charge on any atom is 0.292 e. The molecule has 0 unspecified atom stereocenters. The first-order valence-corrected chi connectivity index (χ1v) is 7.95. The second-order valence-electron chi connectivity index (χ2n) is 5.80. The van der Waals surface area contributed by atoms with Crippen molar-refractivity contribution in [1.82, 2.24) is 0 Å². The van der Waals surface area contributed by atoms with E-state index in [0.717, 1.165) is 0 Å². The molecule has 0 aliphatic carbocycles. The number of benzene rings is 2. The number of rotatable bonds is 7. The van der Waals surface area contributed by atoms with Gasteiger partial charge in [-0.2, -0.15) is 0 Å². The number of methoxy groups -OCH3 is 1. The van der Waals surface area contributed by atoms with Crippen LogP contribution in [0.5, 0.6) is 5.75 Å². The Kier molecular flexibility index (Phi) is 6.01. The molecule has 2 rings (SSSR count). The first-order valence-electron chi connectivity index (χ1n) is 7.95. The smallest absolute Gasteiger partial charge is 0.292 e. The molecule has 0 saturated carbocycles. The number of carbonyl (C=O) groups is 4. The average molecular weight is 353 g/mol. The maximum atomic E-state index is 12.2. The summed E-state index contributed by atoms with van der Waals surface area (Å²) in [5.41, 5.74) is 1.78. The quantitative estimate of drug-likeness (QED) is 0.469. The Morgan fingerprint density at radius 2 is 1.73 bits per heavy atom. The van der Waals surface area contributed by atoms with Gasteiger partial charge in [0.2, 0.25) is 5.78 Å². The topological polar surface area (TPSA) is 89.5 Å². The predicted molar refractivity (Wildman–Crippen MR) is 96.8 cm³/mol. The average Bonchev–Trinajstić information content (AvgIpc) is 2.63. The Hall–Kier alpha value is -3.28. The molecule has 0 radical (unpaired) electrons. The van der Waals surface area contributed by atoms with Gasteiger partial charge in [-0.1, -0.05) is 24.3 Å². The zero-order chi connectivity index (χ0) is 19.3. The van der Waals surface area contributed by atoms with Crippen molar-refractivity contribution >= 4 is 28.9 Å². The summed E-state index contributed by atoms with van der Waals surface area (Å²) in [6.45, 7) is 3.15. The van der Waals surface area contributed by atoms with E-state index in [-0.39, 0.29) is 5.78 Å². The van der Waals surface area contributed by atoms with Crippen molar-refractivity contribution in [1.29, 1.82) is 0 Å². The summed E-state index contributed by atoms with van der Waals surface area (Å²) >= 11 is 0. The van der Waals surface area contributed by atoms with Crippen LogP contribution in [0.15, 0.2) is 42.5 Å². The summed E-state index contributed by atoms with van der Waals surface area (Å²) in [7, 11) is 1.47. The predicted octanol–water partition coefficient (Wildman–Crippen LogP) is 2.99. The van der Waals surface area contributed by atoms with E-state index in [4.69, 9.17) is 4.74 Å². The fraction of sp³-hybridized carbons (Fsp3) is 0.200. The molecule has 1 amide bonds. The minimum Gasteiger partial charge on any atom is -0.497 e. The van der Waals surface area contributed by atoms with E-state index in [1.54, 1.807) is 37.3 Å². The van der Waals surface area contributed by atoms with E-state index in [9.17, 15) is 19.2 Å². The van der Waals surface area contributed by atoms with Gasteiger partial charge in [0.1, 0.15) is 5.75 Å². The molecule has 0 spiro atoms. The lowest BCUT2D eigenvalue weighted by Crippen LogP contribution is -2.25. The highest BCUT2D eigenvalue weighted by molar-refractivity contribution is 6.44. The second-order valence-corrected chi connectivity index (χ2v) is 5.80. The van der Waals surface area contributed by atoms with Crippen molar-refractivity contribution in [3.63, 3.8) is 0 Å². The van der Waals surface area contributed by atoms with Gasteiger partial charge < -0.3 is 10.1 Å². The van der Waals surface area contributed by atoms with E-state index in [0.29, 0.717) is 28.1 Å². The molecule has 134 valence electrons. The molecule has 0 heterocycles. The van der Waals surface area contributed by atoms with Gasteiger partial charge in [-0.3, -0.25) is 19.2 Å². The normalized spacial score (nSPS) is 10.1. The summed E-state index contributed by atoms with van der Waals surface area (Å²) in [6, 6.07) is 11.2. The van der Waals surface area contributed by atoms with Gasteiger partial charge in [-0.15, -0.1) is 0 Å². The first-order chi connectivity index (χ1) is 12.3. The molecule has 0 fully saturated rings. The van der Waals surface area contributed by atoms with Gasteiger partial charge in [0.15, 0.2) is 11.6 Å². The largest absolute Gasteiger partial charge is 0.497 e.